The van der Waals surface area contributed by atoms with Crippen LogP contribution in [0.1, 0.15) is 18.1 Å². The molecule has 0 N–H and O–H groups in total. The van der Waals surface area contributed by atoms with Crippen LogP contribution in [0.15, 0.2) is 48.5 Å². The third kappa shape index (κ3) is 3.05. The van der Waals surface area contributed by atoms with Crippen LogP contribution in [-0.2, 0) is 16.6 Å². The van der Waals surface area contributed by atoms with Crippen molar-refractivity contribution in [1.29, 1.82) is 0 Å². The van der Waals surface area contributed by atoms with Gasteiger partial charge in [-0.3, -0.25) is 0 Å². The third-order valence-electron chi connectivity index (χ3n) is 3.45. The number of methoxy groups -OCH3 is 1. The zero-order valence-electron chi connectivity index (χ0n) is 11.6. The predicted molar refractivity (Wildman–Crippen MR) is 76.5 cm³/mol. The van der Waals surface area contributed by atoms with Gasteiger partial charge in [-0.2, -0.15) is 0 Å². The number of rotatable bonds is 5. The SMILES string of the molecule is COc1cccc(CC(C)(C=O)c2cccc(F)c2)c1. The van der Waals surface area contributed by atoms with E-state index in [9.17, 15) is 9.18 Å². The van der Waals surface area contributed by atoms with E-state index in [0.29, 0.717) is 12.0 Å². The topological polar surface area (TPSA) is 26.3 Å². The van der Waals surface area contributed by atoms with Gasteiger partial charge in [0.1, 0.15) is 17.9 Å². The van der Waals surface area contributed by atoms with Crippen molar-refractivity contribution in [2.45, 2.75) is 18.8 Å². The Bertz CT molecular complexity index is 609. The van der Waals surface area contributed by atoms with Crippen molar-refractivity contribution in [2.75, 3.05) is 7.11 Å². The van der Waals surface area contributed by atoms with Crippen LogP contribution in [-0.4, -0.2) is 13.4 Å². The molecule has 3 heteroatoms. The number of aldehydes is 1. The van der Waals surface area contributed by atoms with E-state index in [4.69, 9.17) is 4.74 Å². The minimum Gasteiger partial charge on any atom is -0.497 e. The molecule has 2 aromatic rings. The highest BCUT2D eigenvalue weighted by Gasteiger charge is 2.27. The van der Waals surface area contributed by atoms with E-state index in [1.165, 1.54) is 12.1 Å². The summed E-state index contributed by atoms with van der Waals surface area (Å²) in [6, 6.07) is 13.7. The van der Waals surface area contributed by atoms with Crippen molar-refractivity contribution in [1.82, 2.24) is 0 Å². The summed E-state index contributed by atoms with van der Waals surface area (Å²) in [5.74, 6) is 0.413. The minimum atomic E-state index is -0.755. The van der Waals surface area contributed by atoms with Crippen molar-refractivity contribution in [2.24, 2.45) is 0 Å². The van der Waals surface area contributed by atoms with Crippen molar-refractivity contribution < 1.29 is 13.9 Å². The second kappa shape index (κ2) is 5.87. The molecule has 0 saturated carbocycles. The monoisotopic (exact) mass is 272 g/mol. The molecule has 0 radical (unpaired) electrons. The fraction of sp³-hybridized carbons (Fsp3) is 0.235. The molecule has 2 nitrogen and oxygen atoms in total. The van der Waals surface area contributed by atoms with Crippen LogP contribution in [0.2, 0.25) is 0 Å². The smallest absolute Gasteiger partial charge is 0.130 e. The number of ether oxygens (including phenoxy) is 1. The van der Waals surface area contributed by atoms with Crippen LogP contribution in [0, 0.1) is 5.82 Å². The third-order valence-corrected chi connectivity index (χ3v) is 3.45. The molecule has 1 atom stereocenters. The van der Waals surface area contributed by atoms with Crippen LogP contribution < -0.4 is 4.74 Å². The zero-order valence-corrected chi connectivity index (χ0v) is 11.6. The van der Waals surface area contributed by atoms with E-state index in [-0.39, 0.29) is 5.82 Å². The van der Waals surface area contributed by atoms with Gasteiger partial charge in [0.2, 0.25) is 0 Å². The summed E-state index contributed by atoms with van der Waals surface area (Å²) in [5.41, 5.74) is 0.896. The summed E-state index contributed by atoms with van der Waals surface area (Å²) >= 11 is 0. The Morgan fingerprint density at radius 2 is 1.95 bits per heavy atom. The number of carbonyl (C=O) groups excluding carboxylic acids is 1. The Labute approximate surface area is 118 Å². The molecule has 0 amide bonds. The molecule has 0 bridgehead atoms. The summed E-state index contributed by atoms with van der Waals surface area (Å²) in [5, 5.41) is 0. The molecule has 20 heavy (non-hydrogen) atoms. The Morgan fingerprint density at radius 1 is 1.20 bits per heavy atom. The molecular formula is C17H17FO2. The van der Waals surface area contributed by atoms with Gasteiger partial charge in [-0.05, 0) is 48.7 Å². The zero-order chi connectivity index (χ0) is 14.6. The highest BCUT2D eigenvalue weighted by Crippen LogP contribution is 2.28. The fourth-order valence-corrected chi connectivity index (χ4v) is 2.26. The van der Waals surface area contributed by atoms with Crippen molar-refractivity contribution in [3.63, 3.8) is 0 Å². The first-order valence-corrected chi connectivity index (χ1v) is 6.43. The standard InChI is InChI=1S/C17H17FO2/c1-17(12-19,14-6-4-7-15(18)10-14)11-13-5-3-8-16(9-13)20-2/h3-10,12H,11H2,1-2H3. The van der Waals surface area contributed by atoms with E-state index < -0.39 is 5.41 Å². The molecule has 2 aromatic carbocycles. The van der Waals surface area contributed by atoms with Crippen LogP contribution in [0.3, 0.4) is 0 Å². The van der Waals surface area contributed by atoms with Gasteiger partial charge in [0.15, 0.2) is 0 Å². The van der Waals surface area contributed by atoms with E-state index >= 15 is 0 Å². The van der Waals surface area contributed by atoms with Gasteiger partial charge in [0.05, 0.1) is 12.5 Å². The molecule has 0 saturated heterocycles. The van der Waals surface area contributed by atoms with Crippen LogP contribution >= 0.6 is 0 Å². The van der Waals surface area contributed by atoms with Gasteiger partial charge < -0.3 is 9.53 Å². The molecule has 1 unspecified atom stereocenters. The maximum absolute atomic E-state index is 13.4. The molecular weight excluding hydrogens is 255 g/mol. The van der Waals surface area contributed by atoms with Gasteiger partial charge in [-0.15, -0.1) is 0 Å². The number of carbonyl (C=O) groups is 1. The van der Waals surface area contributed by atoms with Crippen molar-refractivity contribution >= 4 is 6.29 Å². The lowest BCUT2D eigenvalue weighted by molar-refractivity contribution is -0.112. The van der Waals surface area contributed by atoms with Crippen molar-refractivity contribution in [3.8, 4) is 5.75 Å². The van der Waals surface area contributed by atoms with E-state index in [2.05, 4.69) is 0 Å². The first kappa shape index (κ1) is 14.3. The van der Waals surface area contributed by atoms with Gasteiger partial charge >= 0.3 is 0 Å². The molecule has 0 aromatic heterocycles. The first-order chi connectivity index (χ1) is 9.57. The van der Waals surface area contributed by atoms with Gasteiger partial charge in [0, 0.05) is 0 Å². The van der Waals surface area contributed by atoms with E-state index in [0.717, 1.165) is 17.6 Å². The second-order valence-electron chi connectivity index (χ2n) is 5.07. The molecule has 104 valence electrons. The molecule has 0 heterocycles. The average Bonchev–Trinajstić information content (AvgIpc) is 2.47. The summed E-state index contributed by atoms with van der Waals surface area (Å²) < 4.78 is 18.5. The minimum absolute atomic E-state index is 0.332. The summed E-state index contributed by atoms with van der Waals surface area (Å²) in [6.45, 7) is 1.81. The predicted octanol–water partition coefficient (Wildman–Crippen LogP) is 3.53. The van der Waals surface area contributed by atoms with Gasteiger partial charge in [-0.25, -0.2) is 4.39 Å². The Balaban J connectivity index is 2.33. The normalized spacial score (nSPS) is 13.6. The van der Waals surface area contributed by atoms with Crippen LogP contribution in [0.25, 0.3) is 0 Å². The molecule has 0 spiro atoms. The van der Waals surface area contributed by atoms with E-state index in [1.807, 2.05) is 31.2 Å². The summed E-state index contributed by atoms with van der Waals surface area (Å²) in [7, 11) is 1.60. The number of halogens is 1. The maximum atomic E-state index is 13.4. The number of hydrogen-bond acceptors (Lipinski definition) is 2. The molecule has 0 fully saturated rings. The highest BCUT2D eigenvalue weighted by molar-refractivity contribution is 5.68. The molecule has 0 aliphatic heterocycles. The van der Waals surface area contributed by atoms with Gasteiger partial charge in [0.25, 0.3) is 0 Å². The lowest BCUT2D eigenvalue weighted by Crippen LogP contribution is -2.27. The lowest BCUT2D eigenvalue weighted by Gasteiger charge is -2.24. The highest BCUT2D eigenvalue weighted by atomic mass is 19.1. The maximum Gasteiger partial charge on any atom is 0.130 e. The van der Waals surface area contributed by atoms with Crippen LogP contribution in [0.5, 0.6) is 5.75 Å². The molecule has 0 aliphatic carbocycles. The largest absolute Gasteiger partial charge is 0.497 e. The number of benzene rings is 2. The first-order valence-electron chi connectivity index (χ1n) is 6.43. The summed E-state index contributed by atoms with van der Waals surface area (Å²) in [6.07, 6.45) is 1.37. The molecule has 0 aliphatic rings. The van der Waals surface area contributed by atoms with Crippen LogP contribution in [0.4, 0.5) is 4.39 Å². The van der Waals surface area contributed by atoms with Gasteiger partial charge in [-0.1, -0.05) is 24.3 Å². The van der Waals surface area contributed by atoms with Crippen molar-refractivity contribution in [3.05, 3.63) is 65.5 Å². The Kier molecular flexibility index (Phi) is 4.18. The quantitative estimate of drug-likeness (QED) is 0.778. The summed E-state index contributed by atoms with van der Waals surface area (Å²) in [4.78, 5) is 11.5. The number of hydrogen-bond donors (Lipinski definition) is 0. The Hall–Kier alpha value is -2.16. The fourth-order valence-electron chi connectivity index (χ4n) is 2.26. The lowest BCUT2D eigenvalue weighted by atomic mass is 9.78. The van der Waals surface area contributed by atoms with E-state index in [1.54, 1.807) is 19.2 Å². The second-order valence-corrected chi connectivity index (χ2v) is 5.07. The Morgan fingerprint density at radius 3 is 2.60 bits per heavy atom. The molecule has 2 rings (SSSR count). The average molecular weight is 272 g/mol.